The Kier molecular flexibility index (Phi) is 7.25. The molecule has 6 nitrogen and oxygen atoms in total. The standard InChI is InChI=1S/C19H19F3N2O4/c1-2-27-14-7-9-15(10-8-14)28-12-17(25)24-16-6-4-3-5-13(16)11-23-18(26)19(20,21)22/h3-10H,2,11-12H2,1H3,(H,23,26)(H,24,25). The lowest BCUT2D eigenvalue weighted by atomic mass is 10.1. The van der Waals surface area contributed by atoms with E-state index in [2.05, 4.69) is 5.32 Å². The molecule has 150 valence electrons. The van der Waals surface area contributed by atoms with Crippen LogP contribution >= 0.6 is 0 Å². The Morgan fingerprint density at radius 2 is 1.57 bits per heavy atom. The zero-order valence-corrected chi connectivity index (χ0v) is 15.0. The molecule has 9 heteroatoms. The molecule has 0 atom stereocenters. The predicted octanol–water partition coefficient (Wildman–Crippen LogP) is 3.28. The fourth-order valence-corrected chi connectivity index (χ4v) is 2.21. The third kappa shape index (κ3) is 6.49. The predicted molar refractivity (Wildman–Crippen MR) is 96.1 cm³/mol. The van der Waals surface area contributed by atoms with Crippen molar-refractivity contribution >= 4 is 17.5 Å². The van der Waals surface area contributed by atoms with E-state index in [4.69, 9.17) is 9.47 Å². The van der Waals surface area contributed by atoms with Crippen LogP contribution in [0.5, 0.6) is 11.5 Å². The first-order valence-corrected chi connectivity index (χ1v) is 8.38. The normalized spacial score (nSPS) is 10.9. The molecule has 2 N–H and O–H groups in total. The maximum Gasteiger partial charge on any atom is 0.471 e. The number of para-hydroxylation sites is 1. The fourth-order valence-electron chi connectivity index (χ4n) is 2.21. The molecule has 0 saturated heterocycles. The summed E-state index contributed by atoms with van der Waals surface area (Å²) in [7, 11) is 0. The van der Waals surface area contributed by atoms with Gasteiger partial charge in [0.25, 0.3) is 5.91 Å². The van der Waals surface area contributed by atoms with Gasteiger partial charge in [-0.15, -0.1) is 0 Å². The molecule has 0 heterocycles. The van der Waals surface area contributed by atoms with Gasteiger partial charge in [0.2, 0.25) is 0 Å². The fraction of sp³-hybridized carbons (Fsp3) is 0.263. The number of hydrogen-bond acceptors (Lipinski definition) is 4. The molecule has 28 heavy (non-hydrogen) atoms. The van der Waals surface area contributed by atoms with E-state index in [1.54, 1.807) is 41.7 Å². The van der Waals surface area contributed by atoms with Gasteiger partial charge in [-0.3, -0.25) is 9.59 Å². The van der Waals surface area contributed by atoms with E-state index in [1.807, 2.05) is 6.92 Å². The highest BCUT2D eigenvalue weighted by Crippen LogP contribution is 2.19. The van der Waals surface area contributed by atoms with Crippen LogP contribution in [0.2, 0.25) is 0 Å². The number of carbonyl (C=O) groups is 2. The number of halogens is 3. The number of anilines is 1. The molecule has 0 aliphatic rings. The van der Waals surface area contributed by atoms with Gasteiger partial charge in [0.05, 0.1) is 6.61 Å². The van der Waals surface area contributed by atoms with Crippen LogP contribution in [0.15, 0.2) is 48.5 Å². The maximum absolute atomic E-state index is 12.3. The number of ether oxygens (including phenoxy) is 2. The van der Waals surface area contributed by atoms with Crippen LogP contribution in [0, 0.1) is 0 Å². The van der Waals surface area contributed by atoms with E-state index in [-0.39, 0.29) is 18.8 Å². The molecule has 0 aromatic heterocycles. The monoisotopic (exact) mass is 396 g/mol. The molecule has 0 spiro atoms. The number of amides is 2. The smallest absolute Gasteiger partial charge is 0.471 e. The van der Waals surface area contributed by atoms with Crippen LogP contribution in [-0.4, -0.2) is 31.2 Å². The minimum absolute atomic E-state index is 0.283. The van der Waals surface area contributed by atoms with Crippen molar-refractivity contribution in [1.82, 2.24) is 5.32 Å². The van der Waals surface area contributed by atoms with Crippen molar-refractivity contribution in [3.8, 4) is 11.5 Å². The average Bonchev–Trinajstić information content (AvgIpc) is 2.66. The summed E-state index contributed by atoms with van der Waals surface area (Å²) in [6.45, 7) is 1.72. The van der Waals surface area contributed by atoms with Crippen molar-refractivity contribution in [2.75, 3.05) is 18.5 Å². The highest BCUT2D eigenvalue weighted by atomic mass is 19.4. The number of alkyl halides is 3. The number of hydrogen-bond donors (Lipinski definition) is 2. The van der Waals surface area contributed by atoms with Gasteiger partial charge in [0.1, 0.15) is 11.5 Å². The first-order valence-electron chi connectivity index (χ1n) is 8.38. The van der Waals surface area contributed by atoms with E-state index >= 15 is 0 Å². The van der Waals surface area contributed by atoms with E-state index in [0.29, 0.717) is 23.7 Å². The first kappa shape index (κ1) is 21.1. The zero-order chi connectivity index (χ0) is 20.6. The Morgan fingerprint density at radius 1 is 0.964 bits per heavy atom. The third-order valence-electron chi connectivity index (χ3n) is 3.49. The molecule has 2 amide bonds. The lowest BCUT2D eigenvalue weighted by Crippen LogP contribution is -2.36. The summed E-state index contributed by atoms with van der Waals surface area (Å²) in [4.78, 5) is 23.0. The summed E-state index contributed by atoms with van der Waals surface area (Å²) < 4.78 is 47.5. The van der Waals surface area contributed by atoms with Crippen molar-refractivity contribution in [3.05, 3.63) is 54.1 Å². The molecule has 0 aliphatic carbocycles. The minimum atomic E-state index is -4.97. The quantitative estimate of drug-likeness (QED) is 0.718. The van der Waals surface area contributed by atoms with Crippen LogP contribution in [0.3, 0.4) is 0 Å². The van der Waals surface area contributed by atoms with Crippen LogP contribution in [0.25, 0.3) is 0 Å². The second kappa shape index (κ2) is 9.63. The van der Waals surface area contributed by atoms with Gasteiger partial charge >= 0.3 is 12.1 Å². The molecule has 2 rings (SSSR count). The van der Waals surface area contributed by atoms with Gasteiger partial charge in [0, 0.05) is 12.2 Å². The van der Waals surface area contributed by atoms with Crippen molar-refractivity contribution in [3.63, 3.8) is 0 Å². The lowest BCUT2D eigenvalue weighted by molar-refractivity contribution is -0.173. The summed E-state index contributed by atoms with van der Waals surface area (Å²) in [5.74, 6) is -1.41. The van der Waals surface area contributed by atoms with Crippen molar-refractivity contribution in [1.29, 1.82) is 0 Å². The van der Waals surface area contributed by atoms with Crippen molar-refractivity contribution in [2.24, 2.45) is 0 Å². The van der Waals surface area contributed by atoms with Gasteiger partial charge < -0.3 is 20.1 Å². The first-order chi connectivity index (χ1) is 13.3. The van der Waals surface area contributed by atoms with E-state index < -0.39 is 18.0 Å². The maximum atomic E-state index is 12.3. The molecule has 0 unspecified atom stereocenters. The molecule has 2 aromatic rings. The Morgan fingerprint density at radius 3 is 2.18 bits per heavy atom. The number of benzene rings is 2. The van der Waals surface area contributed by atoms with E-state index in [9.17, 15) is 22.8 Å². The highest BCUT2D eigenvalue weighted by Gasteiger charge is 2.38. The summed E-state index contributed by atoms with van der Waals surface area (Å²) in [5.41, 5.74) is 0.611. The van der Waals surface area contributed by atoms with Gasteiger partial charge in [-0.05, 0) is 42.8 Å². The topological polar surface area (TPSA) is 76.7 Å². The van der Waals surface area contributed by atoms with Crippen molar-refractivity contribution < 1.29 is 32.2 Å². The van der Waals surface area contributed by atoms with E-state index in [0.717, 1.165) is 0 Å². The van der Waals surface area contributed by atoms with Crippen LogP contribution < -0.4 is 20.1 Å². The van der Waals surface area contributed by atoms with Crippen LogP contribution in [0.4, 0.5) is 18.9 Å². The third-order valence-corrected chi connectivity index (χ3v) is 3.49. The Labute approximate surface area is 159 Å². The Bertz CT molecular complexity index is 808. The van der Waals surface area contributed by atoms with E-state index in [1.165, 1.54) is 12.1 Å². The largest absolute Gasteiger partial charge is 0.494 e. The molecular formula is C19H19F3N2O4. The lowest BCUT2D eigenvalue weighted by Gasteiger charge is -2.13. The van der Waals surface area contributed by atoms with Gasteiger partial charge in [-0.1, -0.05) is 18.2 Å². The molecule has 2 aromatic carbocycles. The summed E-state index contributed by atoms with van der Waals surface area (Å²) in [6, 6.07) is 12.9. The molecule has 0 fully saturated rings. The Hall–Kier alpha value is -3.23. The highest BCUT2D eigenvalue weighted by molar-refractivity contribution is 5.92. The average molecular weight is 396 g/mol. The van der Waals surface area contributed by atoms with Crippen molar-refractivity contribution in [2.45, 2.75) is 19.6 Å². The summed E-state index contributed by atoms with van der Waals surface area (Å²) >= 11 is 0. The number of carbonyl (C=O) groups excluding carboxylic acids is 2. The Balaban J connectivity index is 1.90. The molecule has 0 saturated carbocycles. The SMILES string of the molecule is CCOc1ccc(OCC(=O)Nc2ccccc2CNC(=O)C(F)(F)F)cc1. The number of nitrogens with one attached hydrogen (secondary N) is 2. The van der Waals surface area contributed by atoms with Gasteiger partial charge in [0.15, 0.2) is 6.61 Å². The summed E-state index contributed by atoms with van der Waals surface area (Å²) in [6.07, 6.45) is -4.97. The minimum Gasteiger partial charge on any atom is -0.494 e. The van der Waals surface area contributed by atoms with Crippen LogP contribution in [0.1, 0.15) is 12.5 Å². The molecule has 0 radical (unpaired) electrons. The zero-order valence-electron chi connectivity index (χ0n) is 15.0. The van der Waals surface area contributed by atoms with Crippen LogP contribution in [-0.2, 0) is 16.1 Å². The summed E-state index contributed by atoms with van der Waals surface area (Å²) in [5, 5.41) is 4.32. The number of rotatable bonds is 8. The molecule has 0 bridgehead atoms. The van der Waals surface area contributed by atoms with Gasteiger partial charge in [-0.25, -0.2) is 0 Å². The molecular weight excluding hydrogens is 377 g/mol. The second-order valence-electron chi connectivity index (χ2n) is 5.58. The molecule has 0 aliphatic heterocycles. The van der Waals surface area contributed by atoms with Gasteiger partial charge in [-0.2, -0.15) is 13.2 Å². The second-order valence-corrected chi connectivity index (χ2v) is 5.58.